The Morgan fingerprint density at radius 2 is 0.750 bits per heavy atom. The van der Waals surface area contributed by atoms with Crippen molar-refractivity contribution in [2.75, 3.05) is 47.5 Å². The van der Waals surface area contributed by atoms with Crippen molar-refractivity contribution in [2.24, 2.45) is 0 Å². The summed E-state index contributed by atoms with van der Waals surface area (Å²) in [5, 5.41) is 9.65. The number of nitrogens with zero attached hydrogens (tertiary/aromatic N) is 1. The zero-order valence-corrected chi connectivity index (χ0v) is 40.4. The number of ether oxygens (including phenoxy) is 4. The fourth-order valence-corrected chi connectivity index (χ4v) is 7.60. The molecule has 356 valence electrons. The van der Waals surface area contributed by atoms with E-state index in [2.05, 4.69) is 13.8 Å². The summed E-state index contributed by atoms with van der Waals surface area (Å²) in [6.45, 7) is 4.92. The molecule has 0 rings (SSSR count). The third-order valence-electron chi connectivity index (χ3n) is 11.6. The van der Waals surface area contributed by atoms with Gasteiger partial charge in [-0.1, -0.05) is 226 Å². The Hall–Kier alpha value is -1.71. The van der Waals surface area contributed by atoms with E-state index in [9.17, 15) is 19.5 Å². The smallest absolute Gasteiger partial charge is 0.361 e. The maximum Gasteiger partial charge on any atom is 0.361 e. The number of unbranched alkanes of at least 4 members (excludes halogenated alkanes) is 33. The van der Waals surface area contributed by atoms with Gasteiger partial charge in [0.15, 0.2) is 6.10 Å². The monoisotopic (exact) mass is 855 g/mol. The van der Waals surface area contributed by atoms with Gasteiger partial charge in [-0.3, -0.25) is 9.59 Å². The summed E-state index contributed by atoms with van der Waals surface area (Å²) in [5.74, 6) is -1.98. The van der Waals surface area contributed by atoms with E-state index in [1.165, 1.54) is 186 Å². The quantitative estimate of drug-likeness (QED) is 0.0279. The van der Waals surface area contributed by atoms with E-state index in [0.29, 0.717) is 17.4 Å². The number of hydrogen-bond acceptors (Lipinski definition) is 7. The van der Waals surface area contributed by atoms with Gasteiger partial charge in [-0.15, -0.1) is 0 Å². The third-order valence-corrected chi connectivity index (χ3v) is 11.6. The number of carboxylic acids is 1. The van der Waals surface area contributed by atoms with Crippen molar-refractivity contribution in [3.8, 4) is 0 Å². The number of hydrogen-bond donors (Lipinski definition) is 1. The van der Waals surface area contributed by atoms with E-state index >= 15 is 0 Å². The fourth-order valence-electron chi connectivity index (χ4n) is 7.60. The molecule has 0 aliphatic carbocycles. The van der Waals surface area contributed by atoms with E-state index in [-0.39, 0.29) is 38.2 Å². The van der Waals surface area contributed by atoms with Gasteiger partial charge in [0.1, 0.15) is 13.2 Å². The van der Waals surface area contributed by atoms with Crippen molar-refractivity contribution in [2.45, 2.75) is 264 Å². The van der Waals surface area contributed by atoms with Gasteiger partial charge in [0.05, 0.1) is 34.4 Å². The predicted octanol–water partition coefficient (Wildman–Crippen LogP) is 14.1. The molecule has 0 aliphatic rings. The topological polar surface area (TPSA) is 108 Å². The normalized spacial score (nSPS) is 12.8. The molecular weight excluding hydrogens is 755 g/mol. The van der Waals surface area contributed by atoms with Gasteiger partial charge in [0, 0.05) is 12.8 Å². The summed E-state index contributed by atoms with van der Waals surface area (Å²) >= 11 is 0. The minimum Gasteiger partial charge on any atom is -0.477 e. The molecule has 0 aliphatic heterocycles. The lowest BCUT2D eigenvalue weighted by atomic mass is 10.0. The van der Waals surface area contributed by atoms with E-state index in [4.69, 9.17) is 18.9 Å². The molecule has 9 nitrogen and oxygen atoms in total. The summed E-state index contributed by atoms with van der Waals surface area (Å²) in [4.78, 5) is 37.2. The van der Waals surface area contributed by atoms with Crippen molar-refractivity contribution in [3.63, 3.8) is 0 Å². The molecule has 2 unspecified atom stereocenters. The Kier molecular flexibility index (Phi) is 42.7. The molecule has 0 bridgehead atoms. The highest BCUT2D eigenvalue weighted by Crippen LogP contribution is 2.17. The van der Waals surface area contributed by atoms with Crippen molar-refractivity contribution in [3.05, 3.63) is 0 Å². The third kappa shape index (κ3) is 44.3. The summed E-state index contributed by atoms with van der Waals surface area (Å²) < 4.78 is 22.8. The second-order valence-corrected chi connectivity index (χ2v) is 18.9. The SMILES string of the molecule is CCCCCCCCCCCCCCCCCCCCCCCCCC(=O)OC(COC(=O)CCCCCCCCCCCCCC)COC(OCC[N+](C)(C)C)C(=O)O. The Bertz CT molecular complexity index is 954. The number of carboxylic acid groups (broad SMARTS) is 1. The minimum absolute atomic E-state index is 0.173. The average molecular weight is 855 g/mol. The van der Waals surface area contributed by atoms with Gasteiger partial charge in [-0.25, -0.2) is 4.79 Å². The molecular formula is C51H100NO8+. The molecule has 0 saturated heterocycles. The minimum atomic E-state index is -1.50. The Balaban J connectivity index is 4.22. The first-order valence-corrected chi connectivity index (χ1v) is 25.7. The predicted molar refractivity (Wildman–Crippen MR) is 249 cm³/mol. The van der Waals surface area contributed by atoms with Gasteiger partial charge in [0.25, 0.3) is 6.29 Å². The molecule has 2 atom stereocenters. The second-order valence-electron chi connectivity index (χ2n) is 18.9. The van der Waals surface area contributed by atoms with Crippen molar-refractivity contribution in [1.82, 2.24) is 0 Å². The summed E-state index contributed by atoms with van der Waals surface area (Å²) in [6, 6.07) is 0. The molecule has 0 amide bonds. The standard InChI is InChI=1S/C51H99NO8/c1-6-8-10-12-14-16-18-20-21-22-23-24-25-26-27-28-29-30-32-34-36-38-40-42-49(54)60-47(46-59-51(50(55)56)57-44-43-52(3,4)5)45-58-48(53)41-39-37-35-33-31-19-17-15-13-11-9-7-2/h47,51H,6-46H2,1-5H3/p+1. The average Bonchev–Trinajstić information content (AvgIpc) is 3.21. The number of carbonyl (C=O) groups is 3. The van der Waals surface area contributed by atoms with Crippen LogP contribution in [0.2, 0.25) is 0 Å². The molecule has 0 radical (unpaired) electrons. The van der Waals surface area contributed by atoms with E-state index < -0.39 is 18.4 Å². The number of esters is 2. The van der Waals surface area contributed by atoms with E-state index in [1.54, 1.807) is 0 Å². The Morgan fingerprint density at radius 3 is 1.07 bits per heavy atom. The number of rotatable bonds is 48. The summed E-state index contributed by atoms with van der Waals surface area (Å²) in [6.07, 6.45) is 43.1. The van der Waals surface area contributed by atoms with Crippen LogP contribution in [-0.4, -0.2) is 87.4 Å². The van der Waals surface area contributed by atoms with Gasteiger partial charge in [-0.2, -0.15) is 0 Å². The summed E-state index contributed by atoms with van der Waals surface area (Å²) in [5.41, 5.74) is 0. The Morgan fingerprint density at radius 1 is 0.433 bits per heavy atom. The molecule has 0 spiro atoms. The lowest BCUT2D eigenvalue weighted by molar-refractivity contribution is -0.870. The molecule has 9 heteroatoms. The van der Waals surface area contributed by atoms with Gasteiger partial charge in [-0.05, 0) is 12.8 Å². The van der Waals surface area contributed by atoms with Gasteiger partial charge < -0.3 is 28.5 Å². The van der Waals surface area contributed by atoms with Crippen LogP contribution in [0.1, 0.15) is 251 Å². The first-order valence-electron chi connectivity index (χ1n) is 25.7. The molecule has 0 aromatic heterocycles. The van der Waals surface area contributed by atoms with Crippen LogP contribution in [0.4, 0.5) is 0 Å². The van der Waals surface area contributed by atoms with Crippen molar-refractivity contribution in [1.29, 1.82) is 0 Å². The molecule has 0 saturated carbocycles. The van der Waals surface area contributed by atoms with Crippen LogP contribution in [-0.2, 0) is 33.3 Å². The lowest BCUT2D eigenvalue weighted by Crippen LogP contribution is -2.40. The highest BCUT2D eigenvalue weighted by molar-refractivity contribution is 5.71. The molecule has 0 heterocycles. The van der Waals surface area contributed by atoms with Crippen molar-refractivity contribution < 1.29 is 42.9 Å². The lowest BCUT2D eigenvalue weighted by Gasteiger charge is -2.25. The maximum absolute atomic E-state index is 12.8. The fraction of sp³-hybridized carbons (Fsp3) is 0.941. The highest BCUT2D eigenvalue weighted by Gasteiger charge is 2.25. The van der Waals surface area contributed by atoms with Crippen LogP contribution in [0.15, 0.2) is 0 Å². The summed E-state index contributed by atoms with van der Waals surface area (Å²) in [7, 11) is 5.97. The largest absolute Gasteiger partial charge is 0.477 e. The molecule has 0 fully saturated rings. The first-order chi connectivity index (χ1) is 29.1. The van der Waals surface area contributed by atoms with Gasteiger partial charge in [0.2, 0.25) is 0 Å². The number of likely N-dealkylation sites (N-methyl/N-ethyl adjacent to an activating group) is 1. The number of carbonyl (C=O) groups excluding carboxylic acids is 2. The molecule has 60 heavy (non-hydrogen) atoms. The van der Waals surface area contributed by atoms with Crippen LogP contribution in [0.3, 0.4) is 0 Å². The van der Waals surface area contributed by atoms with Gasteiger partial charge >= 0.3 is 17.9 Å². The molecule has 0 aromatic rings. The molecule has 0 aromatic carbocycles. The van der Waals surface area contributed by atoms with Crippen LogP contribution >= 0.6 is 0 Å². The van der Waals surface area contributed by atoms with Crippen LogP contribution in [0, 0.1) is 0 Å². The van der Waals surface area contributed by atoms with Crippen LogP contribution in [0.25, 0.3) is 0 Å². The zero-order chi connectivity index (χ0) is 44.2. The van der Waals surface area contributed by atoms with Crippen LogP contribution in [0.5, 0.6) is 0 Å². The van der Waals surface area contributed by atoms with E-state index in [0.717, 1.165) is 38.5 Å². The van der Waals surface area contributed by atoms with E-state index in [1.807, 2.05) is 21.1 Å². The first kappa shape index (κ1) is 58.3. The zero-order valence-electron chi connectivity index (χ0n) is 40.4. The van der Waals surface area contributed by atoms with Crippen molar-refractivity contribution >= 4 is 17.9 Å². The number of aliphatic carboxylic acids is 1. The highest BCUT2D eigenvalue weighted by atomic mass is 16.7. The molecule has 1 N–H and O–H groups in total. The number of quaternary nitrogens is 1. The second kappa shape index (κ2) is 43.9. The van der Waals surface area contributed by atoms with Crippen LogP contribution < -0.4 is 0 Å². The Labute approximate surface area is 371 Å². The maximum atomic E-state index is 12.8.